The van der Waals surface area contributed by atoms with Gasteiger partial charge in [-0.25, -0.2) is 28.9 Å². The van der Waals surface area contributed by atoms with Crippen molar-refractivity contribution in [3.63, 3.8) is 0 Å². The second-order valence-electron chi connectivity index (χ2n) is 34.7. The number of carboxylic acid groups (broad SMARTS) is 1. The highest BCUT2D eigenvalue weighted by Gasteiger charge is 2.37. The first-order valence-electron chi connectivity index (χ1n) is 43.6. The van der Waals surface area contributed by atoms with E-state index in [1.54, 1.807) is 34.8 Å². The lowest BCUT2D eigenvalue weighted by molar-refractivity contribution is -0.137. The van der Waals surface area contributed by atoms with Crippen LogP contribution in [0.5, 0.6) is 23.0 Å². The maximum absolute atomic E-state index is 14.1. The Bertz CT molecular complexity index is 6200. The van der Waals surface area contributed by atoms with Crippen molar-refractivity contribution in [2.24, 2.45) is 21.8 Å². The molecule has 0 aliphatic carbocycles. The Morgan fingerprint density at radius 1 is 0.477 bits per heavy atom. The summed E-state index contributed by atoms with van der Waals surface area (Å²) in [6, 6.07) is 35.9. The Morgan fingerprint density at radius 3 is 1.25 bits per heavy atom. The molecule has 4 saturated heterocycles. The molecule has 12 heterocycles. The molecule has 0 spiro atoms. The maximum Gasteiger partial charge on any atom is 0.348 e. The summed E-state index contributed by atoms with van der Waals surface area (Å²) < 4.78 is 6.95. The molecule has 4 fully saturated rings. The lowest BCUT2D eigenvalue weighted by atomic mass is 9.95. The standard InChI is InChI=1S/C47H53ClN10O4S.C28H38N6O3.C19H17ClN4O2S.ClH/c1-27(2)36-22-37(40(60)24-39(36)59)44-51-53-47(62)58(44)35-12-6-31(7-13-35)25-54-18-20-55(21-19-54)26-32-14-16-56(17-15-32)41(61)23-38-45-52-50-30(5)57(45)46-42(28(3)29(4)63-46)43(49-38)33-8-10-34(48)11-9-33;1-19(2)23-15-24(26(36)16-25(23)35)27-30-31-28(37)34(27)22-5-3-20(4-6-22)17-32-11-13-33(14-12-32)18-21-7-9-29-10-8-21;1-9-10(2)27-19-16(9)17(12-4-6-13(20)7-5-12)21-14(8-15(25)26)18-23-22-11(3)24(18)19;/h6-13,22,24,27,32,38,59-60H,14-21,23,25-26H2,1-5H3,(H,53,62);3-6,15-16,19,21,29,35-36H,7-14,17-18H2,1-2H3,(H,31,37);4-7,14H,8H2,1-3H3,(H,25,26);1H/t38-;;14-;/m0.0./s1. The van der Waals surface area contributed by atoms with Gasteiger partial charge in [-0.3, -0.25) is 38.5 Å². The number of amides is 1. The first kappa shape index (κ1) is 91.8. The van der Waals surface area contributed by atoms with Gasteiger partial charge in [-0.05, 0) is 198 Å². The van der Waals surface area contributed by atoms with E-state index in [4.69, 9.17) is 33.2 Å². The highest BCUT2D eigenvalue weighted by atomic mass is 35.5. The predicted molar refractivity (Wildman–Crippen MR) is 503 cm³/mol. The zero-order valence-electron chi connectivity index (χ0n) is 73.5. The van der Waals surface area contributed by atoms with Crippen LogP contribution in [0.15, 0.2) is 141 Å². The van der Waals surface area contributed by atoms with Crippen LogP contribution in [0.25, 0.3) is 44.2 Å². The number of carbonyl (C=O) groups excluding carboxylic acids is 1. The lowest BCUT2D eigenvalue weighted by Crippen LogP contribution is -2.48. The number of piperazine rings is 2. The second kappa shape index (κ2) is 39.5. The minimum Gasteiger partial charge on any atom is -0.508 e. The number of aryl methyl sites for hydroxylation is 4. The van der Waals surface area contributed by atoms with E-state index < -0.39 is 23.7 Å². The van der Waals surface area contributed by atoms with Gasteiger partial charge in [-0.2, -0.15) is 10.2 Å². The molecule has 34 heteroatoms. The molecule has 2 atom stereocenters. The number of nitrogens with zero attached hydrogens (tertiary/aromatic N) is 17. The van der Waals surface area contributed by atoms with E-state index in [0.29, 0.717) is 67.1 Å². The number of H-pyrrole nitrogens is 2. The number of aromatic nitrogens is 12. The molecule has 672 valence electrons. The van der Waals surface area contributed by atoms with Crippen LogP contribution in [0.4, 0.5) is 0 Å². The minimum atomic E-state index is -0.926. The van der Waals surface area contributed by atoms with Gasteiger partial charge in [0.15, 0.2) is 23.3 Å². The average molecular weight is 1830 g/mol. The second-order valence-corrected chi connectivity index (χ2v) is 37.9. The number of aliphatic imine (C=N–C) groups is 2. The number of nitrogens with one attached hydrogen (secondary N) is 3. The van der Waals surface area contributed by atoms with Crippen LogP contribution < -0.4 is 16.7 Å². The van der Waals surface area contributed by atoms with Crippen molar-refractivity contribution in [3.05, 3.63) is 241 Å². The maximum atomic E-state index is 14.1. The number of fused-ring (bicyclic) bond motifs is 6. The van der Waals surface area contributed by atoms with Crippen LogP contribution in [-0.2, 0) is 22.7 Å². The highest BCUT2D eigenvalue weighted by molar-refractivity contribution is 7.15. The van der Waals surface area contributed by atoms with E-state index in [2.05, 4.69) is 110 Å². The number of piperidine rings is 2. The molecule has 29 nitrogen and oxygen atoms in total. The van der Waals surface area contributed by atoms with Crippen LogP contribution in [0.1, 0.15) is 179 Å². The largest absolute Gasteiger partial charge is 0.508 e. The van der Waals surface area contributed by atoms with Crippen molar-refractivity contribution in [1.82, 2.24) is 88.9 Å². The van der Waals surface area contributed by atoms with Gasteiger partial charge < -0.3 is 45.5 Å². The molecule has 8 N–H and O–H groups in total. The van der Waals surface area contributed by atoms with E-state index in [1.807, 2.05) is 136 Å². The molecule has 6 aliphatic heterocycles. The van der Waals surface area contributed by atoms with E-state index in [9.17, 15) is 44.7 Å². The molecule has 6 aromatic heterocycles. The number of likely N-dealkylation sites (tertiary alicyclic amines) is 1. The van der Waals surface area contributed by atoms with Gasteiger partial charge in [-0.15, -0.1) is 55.5 Å². The molecule has 0 saturated carbocycles. The van der Waals surface area contributed by atoms with Gasteiger partial charge in [0.05, 0.1) is 46.8 Å². The number of carbonyl (C=O) groups is 2. The number of benzene rings is 6. The highest BCUT2D eigenvalue weighted by Crippen LogP contribution is 2.45. The Hall–Kier alpha value is -11.0. The van der Waals surface area contributed by atoms with Crippen LogP contribution in [-0.4, -0.2) is 224 Å². The SMILES string of the molecule is CC(C)c1cc(-c2n[nH]c(=O)n2-c2ccc(CN3CCN(CC4CCNCC4)CC3)cc2)c(O)cc1O.Cc1sc2c(c1C)C(c1ccc(Cl)cc1)=N[C@@H](CC(=O)N1CCC(CN3CCN(Cc4ccc(-n5c(-c6cc(C(C)C)c(O)cc6O)n[nH]c5=O)cc4)CC3)CC1)c1nnc(C)n1-2.Cc1sc2c(c1C)C(c1ccc(Cl)cc1)=N[C@@H](CC(=O)O)c1nnc(C)n1-2.Cl. The summed E-state index contributed by atoms with van der Waals surface area (Å²) >= 11 is 15.7. The zero-order valence-corrected chi connectivity index (χ0v) is 77.5. The van der Waals surface area contributed by atoms with Gasteiger partial charge >= 0.3 is 17.3 Å². The van der Waals surface area contributed by atoms with E-state index in [0.717, 1.165) is 183 Å². The lowest BCUT2D eigenvalue weighted by Gasteiger charge is -2.39. The normalized spacial score (nSPS) is 17.1. The first-order chi connectivity index (χ1) is 61.1. The summed E-state index contributed by atoms with van der Waals surface area (Å²) in [6.45, 7) is 36.0. The first-order valence-corrected chi connectivity index (χ1v) is 46.0. The number of rotatable bonds is 20. The molecule has 6 aromatic carbocycles. The third kappa shape index (κ3) is 19.8. The molecule has 0 radical (unpaired) electrons. The van der Waals surface area contributed by atoms with Crippen LogP contribution >= 0.6 is 58.3 Å². The third-order valence-corrected chi connectivity index (χ3v) is 28.3. The Balaban J connectivity index is 0.000000163. The van der Waals surface area contributed by atoms with E-state index in [1.165, 1.54) is 61.5 Å². The Morgan fingerprint density at radius 2 is 0.859 bits per heavy atom. The summed E-state index contributed by atoms with van der Waals surface area (Å²) in [5.41, 5.74) is 12.8. The minimum absolute atomic E-state index is 0. The van der Waals surface area contributed by atoms with Crippen molar-refractivity contribution in [2.75, 3.05) is 91.6 Å². The fourth-order valence-electron chi connectivity index (χ4n) is 18.1. The summed E-state index contributed by atoms with van der Waals surface area (Å²) in [4.78, 5) is 75.9. The summed E-state index contributed by atoms with van der Waals surface area (Å²) in [5, 5.41) is 88.9. The van der Waals surface area contributed by atoms with Gasteiger partial charge in [0.2, 0.25) is 5.91 Å². The number of phenolic OH excluding ortho intramolecular Hbond substituents is 4. The van der Waals surface area contributed by atoms with Crippen molar-refractivity contribution >= 4 is 81.6 Å². The number of halogens is 3. The Labute approximate surface area is 766 Å². The molecule has 12 aromatic rings. The van der Waals surface area contributed by atoms with Gasteiger partial charge in [0.1, 0.15) is 56.7 Å². The monoisotopic (exact) mass is 1830 g/mol. The average Bonchev–Trinajstić information content (AvgIpc) is 1.59. The van der Waals surface area contributed by atoms with Crippen molar-refractivity contribution in [1.29, 1.82) is 0 Å². The number of thiophene rings is 2. The van der Waals surface area contributed by atoms with Crippen molar-refractivity contribution in [2.45, 2.75) is 145 Å². The summed E-state index contributed by atoms with van der Waals surface area (Å²) in [7, 11) is 0. The molecule has 18 rings (SSSR count). The molecule has 0 unspecified atom stereocenters. The van der Waals surface area contributed by atoms with E-state index in [-0.39, 0.29) is 77.5 Å². The summed E-state index contributed by atoms with van der Waals surface area (Å²) in [5.74, 6) is 3.68. The predicted octanol–water partition coefficient (Wildman–Crippen LogP) is 14.9. The smallest absolute Gasteiger partial charge is 0.348 e. The number of hydrogen-bond acceptors (Lipinski definition) is 23. The molecule has 1 amide bonds. The number of aliphatic carboxylic acids is 1. The molecule has 0 bridgehead atoms. The topological polar surface area (TPSA) is 351 Å². The van der Waals surface area contributed by atoms with Crippen LogP contribution in [0, 0.1) is 53.4 Å². The number of carboxylic acids is 1. The number of aromatic amines is 2. The zero-order chi connectivity index (χ0) is 89.3. The van der Waals surface area contributed by atoms with E-state index >= 15 is 0 Å². The van der Waals surface area contributed by atoms with Crippen molar-refractivity contribution in [3.8, 4) is 67.2 Å². The molecule has 128 heavy (non-hydrogen) atoms. The van der Waals surface area contributed by atoms with Crippen LogP contribution in [0.2, 0.25) is 10.0 Å². The number of phenols is 4. The molecule has 6 aliphatic rings. The molecular formula is C94H109Cl3N20O9S2. The molecular weight excluding hydrogens is 1720 g/mol. The van der Waals surface area contributed by atoms with Gasteiger partial charge in [0.25, 0.3) is 0 Å². The van der Waals surface area contributed by atoms with Gasteiger partial charge in [0, 0.05) is 146 Å². The fourth-order valence-corrected chi connectivity index (χ4v) is 20.7. The fraction of sp³-hybridized carbons (Fsp3) is 0.404. The van der Waals surface area contributed by atoms with Crippen molar-refractivity contribution < 1.29 is 35.1 Å². The van der Waals surface area contributed by atoms with Crippen LogP contribution in [0.3, 0.4) is 0 Å². The quantitative estimate of drug-likeness (QED) is 0.0351. The number of aromatic hydroxyl groups is 4. The van der Waals surface area contributed by atoms with Gasteiger partial charge in [-0.1, -0.05) is 99.4 Å². The Kier molecular flexibility index (Phi) is 28.4. The third-order valence-electron chi connectivity index (χ3n) is 25.4. The summed E-state index contributed by atoms with van der Waals surface area (Å²) in [6.07, 6.45) is 4.60. The number of hydrogen-bond donors (Lipinski definition) is 8.